The van der Waals surface area contributed by atoms with Crippen LogP contribution in [0.25, 0.3) is 10.8 Å². The number of nitrogens with zero attached hydrogens (tertiary/aromatic N) is 1. The Bertz CT molecular complexity index is 1300. The van der Waals surface area contributed by atoms with E-state index in [1.165, 1.54) is 10.8 Å². The molecule has 0 atom stereocenters. The number of rotatable bonds is 6. The first kappa shape index (κ1) is 23.0. The number of benzene rings is 4. The maximum absolute atomic E-state index is 12.2. The molecular weight excluding hydrogens is 650 g/mol. The summed E-state index contributed by atoms with van der Waals surface area (Å²) in [5.41, 5.74) is 4.90. The Hall–Kier alpha value is -2.17. The van der Waals surface area contributed by atoms with Gasteiger partial charge in [0.1, 0.15) is 12.4 Å². The number of hydrazone groups is 1. The van der Waals surface area contributed by atoms with Crippen molar-refractivity contribution < 1.29 is 9.53 Å². The summed E-state index contributed by atoms with van der Waals surface area (Å²) in [4.78, 5) is 12.2. The summed E-state index contributed by atoms with van der Waals surface area (Å²) < 4.78 is 8.12. The lowest BCUT2D eigenvalue weighted by Gasteiger charge is -2.13. The SMILES string of the molecule is O=C(N/N=C\c1cc(I)c(OCc2cccc3ccccc23)c(I)c1)c1ccccc1Cl. The van der Waals surface area contributed by atoms with Crippen LogP contribution in [0.3, 0.4) is 0 Å². The molecule has 4 nitrogen and oxygen atoms in total. The molecule has 0 aliphatic rings. The van der Waals surface area contributed by atoms with E-state index in [0.717, 1.165) is 24.0 Å². The first-order valence-electron chi connectivity index (χ1n) is 9.69. The van der Waals surface area contributed by atoms with E-state index >= 15 is 0 Å². The maximum Gasteiger partial charge on any atom is 0.272 e. The van der Waals surface area contributed by atoms with Crippen molar-refractivity contribution in [2.45, 2.75) is 6.61 Å². The summed E-state index contributed by atoms with van der Waals surface area (Å²) in [7, 11) is 0. The van der Waals surface area contributed by atoms with Gasteiger partial charge in [-0.1, -0.05) is 66.2 Å². The van der Waals surface area contributed by atoms with E-state index < -0.39 is 0 Å². The van der Waals surface area contributed by atoms with Gasteiger partial charge in [0.25, 0.3) is 5.91 Å². The summed E-state index contributed by atoms with van der Waals surface area (Å²) in [6.45, 7) is 0.481. The molecule has 4 aromatic carbocycles. The zero-order valence-electron chi connectivity index (χ0n) is 16.7. The van der Waals surface area contributed by atoms with Crippen molar-refractivity contribution >= 4 is 79.7 Å². The molecule has 7 heteroatoms. The highest BCUT2D eigenvalue weighted by molar-refractivity contribution is 14.1. The second-order valence-corrected chi connectivity index (χ2v) is 9.65. The standard InChI is InChI=1S/C25H17ClI2N2O2/c26-21-11-4-3-10-20(21)25(31)30-29-14-16-12-22(27)24(23(28)13-16)32-15-18-8-5-7-17-6-1-2-9-19(17)18/h1-14H,15H2,(H,30,31)/b29-14-. The molecular formula is C25H17ClI2N2O2. The summed E-state index contributed by atoms with van der Waals surface area (Å²) in [6.07, 6.45) is 1.60. The van der Waals surface area contributed by atoms with Crippen molar-refractivity contribution in [2.75, 3.05) is 0 Å². The minimum absolute atomic E-state index is 0.355. The van der Waals surface area contributed by atoms with Gasteiger partial charge in [-0.15, -0.1) is 0 Å². The van der Waals surface area contributed by atoms with Crippen LogP contribution in [0.4, 0.5) is 0 Å². The van der Waals surface area contributed by atoms with Gasteiger partial charge in [-0.05, 0) is 91.3 Å². The number of carbonyl (C=O) groups is 1. The number of hydrogen-bond donors (Lipinski definition) is 1. The Morgan fingerprint density at radius 1 is 0.969 bits per heavy atom. The lowest BCUT2D eigenvalue weighted by Crippen LogP contribution is -2.18. The van der Waals surface area contributed by atoms with Gasteiger partial charge in [0.2, 0.25) is 0 Å². The van der Waals surface area contributed by atoms with Gasteiger partial charge in [-0.2, -0.15) is 5.10 Å². The highest BCUT2D eigenvalue weighted by atomic mass is 127. The average Bonchev–Trinajstić information content (AvgIpc) is 2.79. The minimum Gasteiger partial charge on any atom is -0.487 e. The molecule has 32 heavy (non-hydrogen) atoms. The summed E-state index contributed by atoms with van der Waals surface area (Å²) in [5.74, 6) is 0.475. The molecule has 0 heterocycles. The zero-order valence-corrected chi connectivity index (χ0v) is 21.8. The lowest BCUT2D eigenvalue weighted by molar-refractivity contribution is 0.0955. The highest BCUT2D eigenvalue weighted by Crippen LogP contribution is 2.30. The van der Waals surface area contributed by atoms with Crippen molar-refractivity contribution in [3.05, 3.63) is 108 Å². The normalized spacial score (nSPS) is 11.1. The predicted octanol–water partition coefficient (Wildman–Crippen LogP) is 7.05. The van der Waals surface area contributed by atoms with Gasteiger partial charge in [0.15, 0.2) is 0 Å². The van der Waals surface area contributed by atoms with E-state index in [9.17, 15) is 4.79 Å². The zero-order chi connectivity index (χ0) is 22.5. The average molecular weight is 667 g/mol. The summed E-state index contributed by atoms with van der Waals surface area (Å²) in [6, 6.07) is 25.3. The minimum atomic E-state index is -0.355. The number of amides is 1. The molecule has 0 aliphatic heterocycles. The van der Waals surface area contributed by atoms with E-state index in [-0.39, 0.29) is 5.91 Å². The third-order valence-corrected chi connectivity index (χ3v) is 6.70. The first-order chi connectivity index (χ1) is 15.5. The van der Waals surface area contributed by atoms with E-state index in [2.05, 4.69) is 80.0 Å². The third-order valence-electron chi connectivity index (χ3n) is 4.77. The Kier molecular flexibility index (Phi) is 7.64. The fraction of sp³-hybridized carbons (Fsp3) is 0.0400. The molecule has 0 saturated heterocycles. The molecule has 0 bridgehead atoms. The van der Waals surface area contributed by atoms with Crippen LogP contribution in [0, 0.1) is 7.14 Å². The number of carbonyl (C=O) groups excluding carboxylic acids is 1. The number of nitrogens with one attached hydrogen (secondary N) is 1. The van der Waals surface area contributed by atoms with Crippen molar-refractivity contribution in [3.8, 4) is 5.75 Å². The Labute approximate surface area is 218 Å². The molecule has 4 aromatic rings. The lowest BCUT2D eigenvalue weighted by atomic mass is 10.1. The van der Waals surface area contributed by atoms with Crippen LogP contribution in [0.2, 0.25) is 5.02 Å². The van der Waals surface area contributed by atoms with Crippen LogP contribution in [-0.2, 0) is 6.61 Å². The van der Waals surface area contributed by atoms with Crippen LogP contribution in [0.15, 0.2) is 84.0 Å². The van der Waals surface area contributed by atoms with Crippen LogP contribution < -0.4 is 10.2 Å². The number of ether oxygens (including phenoxy) is 1. The van der Waals surface area contributed by atoms with Crippen LogP contribution in [0.5, 0.6) is 5.75 Å². The third kappa shape index (κ3) is 5.41. The molecule has 0 fully saturated rings. The number of fused-ring (bicyclic) bond motifs is 1. The fourth-order valence-corrected chi connectivity index (χ4v) is 5.58. The quantitative estimate of drug-likeness (QED) is 0.136. The molecule has 0 unspecified atom stereocenters. The molecule has 1 N–H and O–H groups in total. The molecule has 0 spiro atoms. The van der Waals surface area contributed by atoms with E-state index in [4.69, 9.17) is 16.3 Å². The van der Waals surface area contributed by atoms with Gasteiger partial charge in [-0.25, -0.2) is 5.43 Å². The van der Waals surface area contributed by atoms with Crippen LogP contribution in [-0.4, -0.2) is 12.1 Å². The molecule has 0 aromatic heterocycles. The number of halogens is 3. The summed E-state index contributed by atoms with van der Waals surface area (Å²) in [5, 5.41) is 6.84. The molecule has 160 valence electrons. The Morgan fingerprint density at radius 3 is 2.44 bits per heavy atom. The van der Waals surface area contributed by atoms with E-state index in [0.29, 0.717) is 17.2 Å². The topological polar surface area (TPSA) is 50.7 Å². The molecule has 1 amide bonds. The van der Waals surface area contributed by atoms with Gasteiger partial charge < -0.3 is 4.74 Å². The van der Waals surface area contributed by atoms with Crippen molar-refractivity contribution in [1.82, 2.24) is 5.43 Å². The first-order valence-corrected chi connectivity index (χ1v) is 12.2. The van der Waals surface area contributed by atoms with Gasteiger partial charge in [-0.3, -0.25) is 4.79 Å². The van der Waals surface area contributed by atoms with Crippen LogP contribution in [0.1, 0.15) is 21.5 Å². The van der Waals surface area contributed by atoms with E-state index in [1.54, 1.807) is 30.5 Å². The largest absolute Gasteiger partial charge is 0.487 e. The Morgan fingerprint density at radius 2 is 1.66 bits per heavy atom. The molecule has 0 saturated carbocycles. The van der Waals surface area contributed by atoms with Gasteiger partial charge >= 0.3 is 0 Å². The predicted molar refractivity (Wildman–Crippen MR) is 147 cm³/mol. The maximum atomic E-state index is 12.2. The highest BCUT2D eigenvalue weighted by Gasteiger charge is 2.11. The second-order valence-electron chi connectivity index (χ2n) is 6.92. The van der Waals surface area contributed by atoms with Gasteiger partial charge in [0.05, 0.1) is 23.9 Å². The molecule has 0 radical (unpaired) electrons. The monoisotopic (exact) mass is 666 g/mol. The van der Waals surface area contributed by atoms with Gasteiger partial charge in [0, 0.05) is 0 Å². The smallest absolute Gasteiger partial charge is 0.272 e. The van der Waals surface area contributed by atoms with Crippen molar-refractivity contribution in [2.24, 2.45) is 5.10 Å². The van der Waals surface area contributed by atoms with Crippen LogP contribution >= 0.6 is 56.8 Å². The second kappa shape index (κ2) is 10.6. The van der Waals surface area contributed by atoms with E-state index in [1.807, 2.05) is 30.3 Å². The molecule has 4 rings (SSSR count). The summed E-state index contributed by atoms with van der Waals surface area (Å²) >= 11 is 10.6. The number of hydrogen-bond acceptors (Lipinski definition) is 3. The Balaban J connectivity index is 1.45. The fourth-order valence-electron chi connectivity index (χ4n) is 3.23. The van der Waals surface area contributed by atoms with Crippen molar-refractivity contribution in [3.63, 3.8) is 0 Å². The van der Waals surface area contributed by atoms with Crippen molar-refractivity contribution in [1.29, 1.82) is 0 Å². The molecule has 0 aliphatic carbocycles.